The maximum absolute atomic E-state index is 13.0. The average Bonchev–Trinajstić information content (AvgIpc) is 3.48. The van der Waals surface area contributed by atoms with Crippen molar-refractivity contribution >= 4 is 39.5 Å². The van der Waals surface area contributed by atoms with E-state index in [2.05, 4.69) is 41.5 Å². The molecular formula is C72H140O17P2. The standard InChI is InChI=1S/C72H140O17P2/c1-7-9-11-13-15-17-18-19-20-21-22-23-24-25-26-27-33-37-44-50-56-71(76)88-67(60-83-70(75)55-49-43-36-32-29-28-31-34-40-46-52-64(3)4)62-86-90(78,79)84-58-66(73)59-85-91(80,81)87-63-68(89-72(77)57-51-45-39-38-41-47-53-65(5)6)61-82-69(74)54-48-42-35-30-16-14-12-10-8-2/h64-68,73H,7-63H2,1-6H3,(H,78,79)(H,80,81)/t66-,67-,68-/m1/s1. The predicted octanol–water partition coefficient (Wildman–Crippen LogP) is 20.8. The Labute approximate surface area is 556 Å². The quantitative estimate of drug-likeness (QED) is 0.0222. The summed E-state index contributed by atoms with van der Waals surface area (Å²) < 4.78 is 68.2. The van der Waals surface area contributed by atoms with Crippen LogP contribution >= 0.6 is 15.6 Å². The Bertz CT molecular complexity index is 1770. The third-order valence-corrected chi connectivity index (χ3v) is 18.6. The first-order valence-corrected chi connectivity index (χ1v) is 40.5. The number of hydrogen-bond donors (Lipinski definition) is 3. The molecule has 91 heavy (non-hydrogen) atoms. The Balaban J connectivity index is 5.18. The Morgan fingerprint density at radius 3 is 0.747 bits per heavy atom. The summed E-state index contributed by atoms with van der Waals surface area (Å²) >= 11 is 0. The summed E-state index contributed by atoms with van der Waals surface area (Å²) in [5, 5.41) is 10.6. The molecule has 0 aromatic heterocycles. The Morgan fingerprint density at radius 2 is 0.505 bits per heavy atom. The van der Waals surface area contributed by atoms with Crippen molar-refractivity contribution in [1.82, 2.24) is 0 Å². The maximum atomic E-state index is 13.0. The first kappa shape index (κ1) is 89.1. The molecule has 540 valence electrons. The van der Waals surface area contributed by atoms with Crippen LogP contribution in [-0.4, -0.2) is 96.7 Å². The van der Waals surface area contributed by atoms with E-state index in [9.17, 15) is 43.2 Å². The first-order valence-electron chi connectivity index (χ1n) is 37.5. The molecule has 0 aromatic carbocycles. The number of phosphoric acid groups is 2. The van der Waals surface area contributed by atoms with E-state index < -0.39 is 97.5 Å². The van der Waals surface area contributed by atoms with Crippen molar-refractivity contribution in [2.45, 2.75) is 387 Å². The minimum absolute atomic E-state index is 0.102. The van der Waals surface area contributed by atoms with Crippen LogP contribution < -0.4 is 0 Å². The molecule has 0 aromatic rings. The monoisotopic (exact) mass is 1340 g/mol. The lowest BCUT2D eigenvalue weighted by Gasteiger charge is -2.21. The van der Waals surface area contributed by atoms with Gasteiger partial charge in [-0.3, -0.25) is 37.3 Å². The van der Waals surface area contributed by atoms with Gasteiger partial charge in [0.1, 0.15) is 19.3 Å². The van der Waals surface area contributed by atoms with Gasteiger partial charge in [0.15, 0.2) is 12.2 Å². The van der Waals surface area contributed by atoms with Crippen LogP contribution in [0.2, 0.25) is 0 Å². The SMILES string of the molecule is CCCCCCCCCCCCCCCCCCCCCCC(=O)O[C@H](COC(=O)CCCCCCCCCCCCC(C)C)COP(=O)(O)OC[C@@H](O)COP(=O)(O)OC[C@@H](COC(=O)CCCCCCCCCCC)OC(=O)CCCCCCCCC(C)C. The van der Waals surface area contributed by atoms with Crippen LogP contribution in [0.15, 0.2) is 0 Å². The fourth-order valence-electron chi connectivity index (χ4n) is 10.9. The summed E-state index contributed by atoms with van der Waals surface area (Å²) in [5.74, 6) is -0.700. The van der Waals surface area contributed by atoms with E-state index in [4.69, 9.17) is 37.0 Å². The van der Waals surface area contributed by atoms with Gasteiger partial charge in [0, 0.05) is 25.7 Å². The molecule has 2 unspecified atom stereocenters. The average molecular weight is 1340 g/mol. The highest BCUT2D eigenvalue weighted by Crippen LogP contribution is 2.45. The van der Waals surface area contributed by atoms with Gasteiger partial charge in [-0.05, 0) is 37.5 Å². The van der Waals surface area contributed by atoms with Gasteiger partial charge in [0.2, 0.25) is 0 Å². The highest BCUT2D eigenvalue weighted by Gasteiger charge is 2.30. The summed E-state index contributed by atoms with van der Waals surface area (Å²) in [5.41, 5.74) is 0. The van der Waals surface area contributed by atoms with Crippen molar-refractivity contribution in [3.05, 3.63) is 0 Å². The van der Waals surface area contributed by atoms with E-state index in [1.807, 2.05) is 0 Å². The molecule has 0 rings (SSSR count). The smallest absolute Gasteiger partial charge is 0.462 e. The lowest BCUT2D eigenvalue weighted by molar-refractivity contribution is -0.161. The van der Waals surface area contributed by atoms with Gasteiger partial charge in [0.25, 0.3) is 0 Å². The maximum Gasteiger partial charge on any atom is 0.472 e. The summed E-state index contributed by atoms with van der Waals surface area (Å²) in [4.78, 5) is 72.5. The summed E-state index contributed by atoms with van der Waals surface area (Å²) in [6, 6.07) is 0. The molecule has 0 saturated heterocycles. The highest BCUT2D eigenvalue weighted by atomic mass is 31.2. The van der Waals surface area contributed by atoms with Gasteiger partial charge in [-0.2, -0.15) is 0 Å². The molecule has 0 saturated carbocycles. The number of phosphoric ester groups is 2. The topological polar surface area (TPSA) is 237 Å². The molecule has 5 atom stereocenters. The molecule has 0 fully saturated rings. The molecule has 0 heterocycles. The first-order chi connectivity index (χ1) is 43.9. The number of aliphatic hydroxyl groups excluding tert-OH is 1. The zero-order chi connectivity index (χ0) is 67.2. The van der Waals surface area contributed by atoms with Gasteiger partial charge in [-0.1, -0.05) is 318 Å². The Hall–Kier alpha value is -1.94. The molecule has 0 aliphatic rings. The number of unbranched alkanes of at least 4 members (excludes halogenated alkanes) is 41. The molecule has 0 aliphatic carbocycles. The van der Waals surface area contributed by atoms with Crippen LogP contribution in [0.3, 0.4) is 0 Å². The molecule has 19 heteroatoms. The molecule has 17 nitrogen and oxygen atoms in total. The minimum atomic E-state index is -4.95. The second-order valence-corrected chi connectivity index (χ2v) is 29.8. The molecule has 3 N–H and O–H groups in total. The van der Waals surface area contributed by atoms with E-state index in [-0.39, 0.29) is 25.7 Å². The van der Waals surface area contributed by atoms with E-state index >= 15 is 0 Å². The molecule has 0 amide bonds. The highest BCUT2D eigenvalue weighted by molar-refractivity contribution is 7.47. The minimum Gasteiger partial charge on any atom is -0.462 e. The second-order valence-electron chi connectivity index (χ2n) is 26.9. The van der Waals surface area contributed by atoms with Crippen LogP contribution in [0.4, 0.5) is 0 Å². The van der Waals surface area contributed by atoms with Gasteiger partial charge < -0.3 is 33.8 Å². The molecule has 0 aliphatic heterocycles. The van der Waals surface area contributed by atoms with E-state index in [1.165, 1.54) is 186 Å². The lowest BCUT2D eigenvalue weighted by atomic mass is 10.0. The number of ether oxygens (including phenoxy) is 4. The second kappa shape index (κ2) is 64.1. The molecule has 0 radical (unpaired) electrons. The van der Waals surface area contributed by atoms with Gasteiger partial charge in [-0.25, -0.2) is 9.13 Å². The van der Waals surface area contributed by atoms with Crippen molar-refractivity contribution in [3.63, 3.8) is 0 Å². The molecular weight excluding hydrogens is 1200 g/mol. The van der Waals surface area contributed by atoms with Crippen LogP contribution in [-0.2, 0) is 65.4 Å². The number of hydrogen-bond acceptors (Lipinski definition) is 15. The van der Waals surface area contributed by atoms with Crippen molar-refractivity contribution in [3.8, 4) is 0 Å². The van der Waals surface area contributed by atoms with Crippen LogP contribution in [0.25, 0.3) is 0 Å². The van der Waals surface area contributed by atoms with Gasteiger partial charge >= 0.3 is 39.5 Å². The zero-order valence-electron chi connectivity index (χ0n) is 59.1. The summed E-state index contributed by atoms with van der Waals surface area (Å²) in [6.07, 6.45) is 50.3. The Morgan fingerprint density at radius 1 is 0.297 bits per heavy atom. The van der Waals surface area contributed by atoms with Crippen LogP contribution in [0.1, 0.15) is 369 Å². The number of rotatable bonds is 71. The van der Waals surface area contributed by atoms with E-state index in [1.54, 1.807) is 0 Å². The summed E-state index contributed by atoms with van der Waals surface area (Å²) in [7, 11) is -9.90. The van der Waals surface area contributed by atoms with Gasteiger partial charge in [-0.15, -0.1) is 0 Å². The molecule has 0 bridgehead atoms. The number of carbonyl (C=O) groups excluding carboxylic acids is 4. The number of carbonyl (C=O) groups is 4. The van der Waals surface area contributed by atoms with Crippen LogP contribution in [0.5, 0.6) is 0 Å². The molecule has 0 spiro atoms. The normalized spacial score (nSPS) is 14.1. The van der Waals surface area contributed by atoms with Crippen molar-refractivity contribution < 1.29 is 80.2 Å². The number of esters is 4. The zero-order valence-corrected chi connectivity index (χ0v) is 60.9. The fraction of sp³-hybridized carbons (Fsp3) is 0.944. The largest absolute Gasteiger partial charge is 0.472 e. The van der Waals surface area contributed by atoms with E-state index in [0.717, 1.165) is 95.8 Å². The van der Waals surface area contributed by atoms with Gasteiger partial charge in [0.05, 0.1) is 26.4 Å². The third-order valence-electron chi connectivity index (χ3n) is 16.7. The summed E-state index contributed by atoms with van der Waals surface area (Å²) in [6.45, 7) is 9.44. The lowest BCUT2D eigenvalue weighted by Crippen LogP contribution is -2.30. The van der Waals surface area contributed by atoms with Crippen LogP contribution in [0, 0.1) is 11.8 Å². The fourth-order valence-corrected chi connectivity index (χ4v) is 12.5. The number of aliphatic hydroxyl groups is 1. The van der Waals surface area contributed by atoms with Crippen molar-refractivity contribution in [2.24, 2.45) is 11.8 Å². The third kappa shape index (κ3) is 66.5. The van der Waals surface area contributed by atoms with Crippen molar-refractivity contribution in [1.29, 1.82) is 0 Å². The Kier molecular flexibility index (Phi) is 62.7. The predicted molar refractivity (Wildman–Crippen MR) is 368 cm³/mol. The van der Waals surface area contributed by atoms with Crippen molar-refractivity contribution in [2.75, 3.05) is 39.6 Å². The van der Waals surface area contributed by atoms with E-state index in [0.29, 0.717) is 31.6 Å².